The van der Waals surface area contributed by atoms with E-state index in [2.05, 4.69) is 46.4 Å². The maximum atomic E-state index is 9.66. The number of halogens is 1. The molecule has 2 N–H and O–H groups in total. The summed E-state index contributed by atoms with van der Waals surface area (Å²) in [6.45, 7) is 3.16. The van der Waals surface area contributed by atoms with Crippen molar-refractivity contribution in [3.8, 4) is 0 Å². The molecule has 3 heteroatoms. The SMILES string of the molecule is Cc1ccc(CNC2(CO)CCCCC2)c(Br)c1. The molecule has 100 valence electrons. The van der Waals surface area contributed by atoms with Gasteiger partial charge in [-0.05, 0) is 37.0 Å². The Labute approximate surface area is 118 Å². The van der Waals surface area contributed by atoms with Crippen molar-refractivity contribution in [2.75, 3.05) is 6.61 Å². The molecule has 0 atom stereocenters. The highest BCUT2D eigenvalue weighted by molar-refractivity contribution is 9.10. The molecule has 0 radical (unpaired) electrons. The van der Waals surface area contributed by atoms with Crippen molar-refractivity contribution < 1.29 is 5.11 Å². The van der Waals surface area contributed by atoms with Gasteiger partial charge in [0, 0.05) is 16.6 Å². The summed E-state index contributed by atoms with van der Waals surface area (Å²) in [5.74, 6) is 0. The van der Waals surface area contributed by atoms with Gasteiger partial charge in [-0.25, -0.2) is 0 Å². The highest BCUT2D eigenvalue weighted by Crippen LogP contribution is 2.28. The lowest BCUT2D eigenvalue weighted by atomic mass is 9.82. The monoisotopic (exact) mass is 311 g/mol. The number of nitrogens with one attached hydrogen (secondary N) is 1. The Morgan fingerprint density at radius 3 is 2.61 bits per heavy atom. The Hall–Kier alpha value is -0.380. The van der Waals surface area contributed by atoms with Gasteiger partial charge in [-0.3, -0.25) is 0 Å². The van der Waals surface area contributed by atoms with Crippen molar-refractivity contribution in [2.45, 2.75) is 51.1 Å². The number of hydrogen-bond acceptors (Lipinski definition) is 2. The van der Waals surface area contributed by atoms with Crippen LogP contribution in [0.25, 0.3) is 0 Å². The van der Waals surface area contributed by atoms with E-state index in [1.54, 1.807) is 0 Å². The van der Waals surface area contributed by atoms with Gasteiger partial charge in [0.1, 0.15) is 0 Å². The summed E-state index contributed by atoms with van der Waals surface area (Å²) in [7, 11) is 0. The number of benzene rings is 1. The summed E-state index contributed by atoms with van der Waals surface area (Å²) < 4.78 is 1.15. The van der Waals surface area contributed by atoms with Crippen LogP contribution in [0.1, 0.15) is 43.2 Å². The maximum Gasteiger partial charge on any atom is 0.0613 e. The second-order valence-electron chi connectivity index (χ2n) is 5.45. The van der Waals surface area contributed by atoms with Crippen molar-refractivity contribution in [1.82, 2.24) is 5.32 Å². The molecule has 0 unspecified atom stereocenters. The van der Waals surface area contributed by atoms with Crippen LogP contribution in [-0.4, -0.2) is 17.3 Å². The molecule has 0 aromatic heterocycles. The van der Waals surface area contributed by atoms with Gasteiger partial charge >= 0.3 is 0 Å². The molecule has 0 saturated heterocycles. The molecule has 2 rings (SSSR count). The van der Waals surface area contributed by atoms with Crippen LogP contribution in [0.2, 0.25) is 0 Å². The molecule has 1 aromatic rings. The fourth-order valence-electron chi connectivity index (χ4n) is 2.70. The summed E-state index contributed by atoms with van der Waals surface area (Å²) in [5.41, 5.74) is 2.47. The van der Waals surface area contributed by atoms with Gasteiger partial charge < -0.3 is 10.4 Å². The predicted octanol–water partition coefficient (Wildman–Crippen LogP) is 3.54. The fourth-order valence-corrected chi connectivity index (χ4v) is 3.33. The maximum absolute atomic E-state index is 9.66. The number of aryl methyl sites for hydroxylation is 1. The van der Waals surface area contributed by atoms with E-state index in [1.165, 1.54) is 30.4 Å². The average molecular weight is 312 g/mol. The number of rotatable bonds is 4. The van der Waals surface area contributed by atoms with E-state index in [0.29, 0.717) is 0 Å². The van der Waals surface area contributed by atoms with Gasteiger partial charge in [0.2, 0.25) is 0 Å². The highest BCUT2D eigenvalue weighted by atomic mass is 79.9. The molecule has 2 nitrogen and oxygen atoms in total. The van der Waals surface area contributed by atoms with Gasteiger partial charge in [0.25, 0.3) is 0 Å². The van der Waals surface area contributed by atoms with Crippen LogP contribution in [0.4, 0.5) is 0 Å². The van der Waals surface area contributed by atoms with Crippen LogP contribution in [0.5, 0.6) is 0 Å². The van der Waals surface area contributed by atoms with Crippen LogP contribution in [0.3, 0.4) is 0 Å². The summed E-state index contributed by atoms with van der Waals surface area (Å²) in [6.07, 6.45) is 5.93. The molecule has 0 aliphatic heterocycles. The Balaban J connectivity index is 2.01. The first-order chi connectivity index (χ1) is 8.65. The second kappa shape index (κ2) is 6.18. The molecule has 1 saturated carbocycles. The van der Waals surface area contributed by atoms with E-state index in [9.17, 15) is 5.11 Å². The molecule has 0 spiro atoms. The fraction of sp³-hybridized carbons (Fsp3) is 0.600. The molecule has 1 aliphatic carbocycles. The predicted molar refractivity (Wildman–Crippen MR) is 78.6 cm³/mol. The van der Waals surface area contributed by atoms with Gasteiger partial charge in [0.05, 0.1) is 6.61 Å². The number of hydrogen-bond donors (Lipinski definition) is 2. The van der Waals surface area contributed by atoms with E-state index in [4.69, 9.17) is 0 Å². The minimum Gasteiger partial charge on any atom is -0.394 e. The topological polar surface area (TPSA) is 32.3 Å². The van der Waals surface area contributed by atoms with Crippen molar-refractivity contribution in [1.29, 1.82) is 0 Å². The number of aliphatic hydroxyl groups excluding tert-OH is 1. The van der Waals surface area contributed by atoms with Crippen LogP contribution in [-0.2, 0) is 6.54 Å². The van der Waals surface area contributed by atoms with Gasteiger partial charge in [-0.1, -0.05) is 47.3 Å². The molecule has 18 heavy (non-hydrogen) atoms. The summed E-state index contributed by atoms with van der Waals surface area (Å²) in [5, 5.41) is 13.2. The lowest BCUT2D eigenvalue weighted by Gasteiger charge is -2.37. The summed E-state index contributed by atoms with van der Waals surface area (Å²) in [4.78, 5) is 0. The van der Waals surface area contributed by atoms with Crippen molar-refractivity contribution in [2.24, 2.45) is 0 Å². The van der Waals surface area contributed by atoms with Crippen molar-refractivity contribution in [3.05, 3.63) is 33.8 Å². The van der Waals surface area contributed by atoms with Crippen molar-refractivity contribution >= 4 is 15.9 Å². The van der Waals surface area contributed by atoms with E-state index in [0.717, 1.165) is 23.9 Å². The first kappa shape index (κ1) is 14.0. The van der Waals surface area contributed by atoms with E-state index in [1.807, 2.05) is 0 Å². The van der Waals surface area contributed by atoms with E-state index < -0.39 is 0 Å². The summed E-state index contributed by atoms with van der Waals surface area (Å²) >= 11 is 3.61. The lowest BCUT2D eigenvalue weighted by molar-refractivity contribution is 0.119. The zero-order valence-corrected chi connectivity index (χ0v) is 12.6. The molecule has 0 heterocycles. The quantitative estimate of drug-likeness (QED) is 0.891. The Bertz CT molecular complexity index is 399. The van der Waals surface area contributed by atoms with Gasteiger partial charge in [-0.2, -0.15) is 0 Å². The first-order valence-corrected chi connectivity index (χ1v) is 7.55. The van der Waals surface area contributed by atoms with E-state index >= 15 is 0 Å². The highest BCUT2D eigenvalue weighted by Gasteiger charge is 2.30. The minimum atomic E-state index is -0.0530. The third kappa shape index (κ3) is 3.34. The molecular weight excluding hydrogens is 290 g/mol. The molecule has 1 fully saturated rings. The third-order valence-electron chi connectivity index (χ3n) is 3.98. The molecule has 0 amide bonds. The van der Waals surface area contributed by atoms with Crippen LogP contribution in [0, 0.1) is 6.92 Å². The molecular formula is C15H22BrNO. The zero-order chi connectivity index (χ0) is 13.0. The minimum absolute atomic E-state index is 0.0530. The first-order valence-electron chi connectivity index (χ1n) is 6.76. The lowest BCUT2D eigenvalue weighted by Crippen LogP contribution is -2.49. The Morgan fingerprint density at radius 2 is 2.00 bits per heavy atom. The van der Waals surface area contributed by atoms with Gasteiger partial charge in [0.15, 0.2) is 0 Å². The Kier molecular flexibility index (Phi) is 4.82. The third-order valence-corrected chi connectivity index (χ3v) is 4.71. The standard InChI is InChI=1S/C15H22BrNO/c1-12-5-6-13(14(16)9-12)10-17-15(11-18)7-3-2-4-8-15/h5-6,9,17-18H,2-4,7-8,10-11H2,1H3. The Morgan fingerprint density at radius 1 is 1.28 bits per heavy atom. The van der Waals surface area contributed by atoms with Crippen molar-refractivity contribution in [3.63, 3.8) is 0 Å². The van der Waals surface area contributed by atoms with Gasteiger partial charge in [-0.15, -0.1) is 0 Å². The van der Waals surface area contributed by atoms with Crippen LogP contribution in [0.15, 0.2) is 22.7 Å². The second-order valence-corrected chi connectivity index (χ2v) is 6.30. The largest absolute Gasteiger partial charge is 0.394 e. The summed E-state index contributed by atoms with van der Waals surface area (Å²) in [6, 6.07) is 6.43. The molecule has 0 bridgehead atoms. The normalized spacial score (nSPS) is 18.8. The molecule has 1 aromatic carbocycles. The average Bonchev–Trinajstić information content (AvgIpc) is 2.39. The van der Waals surface area contributed by atoms with E-state index in [-0.39, 0.29) is 12.1 Å². The smallest absolute Gasteiger partial charge is 0.0613 e. The zero-order valence-electron chi connectivity index (χ0n) is 11.0. The van der Waals surface area contributed by atoms with Crippen LogP contribution >= 0.6 is 15.9 Å². The number of aliphatic hydroxyl groups is 1. The molecule has 1 aliphatic rings. The van der Waals surface area contributed by atoms with Crippen LogP contribution < -0.4 is 5.32 Å².